The van der Waals surface area contributed by atoms with E-state index in [0.29, 0.717) is 0 Å². The largest absolute Gasteiger partial charge is 0.508 e. The fraction of sp³-hybridized carbons (Fsp3) is 0.562. The first-order valence-corrected chi connectivity index (χ1v) is 7.77. The van der Waals surface area contributed by atoms with Crippen LogP contribution in [0.25, 0.3) is 0 Å². The number of benzene rings is 1. The van der Waals surface area contributed by atoms with Crippen LogP contribution in [0.2, 0.25) is 0 Å². The molecule has 7 N–H and O–H groups in total. The van der Waals surface area contributed by atoms with Crippen LogP contribution in [0.15, 0.2) is 24.3 Å². The molecule has 134 valence electrons. The average Bonchev–Trinajstić information content (AvgIpc) is 2.54. The molecule has 1 aliphatic rings. The number of hydrogen-bond donors (Lipinski definition) is 6. The lowest BCUT2D eigenvalue weighted by atomic mass is 9.88. The Bertz CT molecular complexity index is 552. The standard InChI is InChI=1S/C16H24N2O6/c1-8(20)18-14-12(24-13(7-19)15(22)16(14)23)6-11(17)9-2-4-10(21)5-3-9/h2-5,11-16,19,21-23H,6-7,17H2,1H3,(H,18,20)/t11?,12-,13+,14-,15+,16+/m0/s1. The number of aromatic hydroxyl groups is 1. The molecule has 0 aromatic heterocycles. The topological polar surface area (TPSA) is 145 Å². The Hall–Kier alpha value is -1.71. The minimum Gasteiger partial charge on any atom is -0.508 e. The van der Waals surface area contributed by atoms with E-state index in [1.807, 2.05) is 0 Å². The molecule has 2 rings (SSSR count). The fourth-order valence-electron chi connectivity index (χ4n) is 2.92. The van der Waals surface area contributed by atoms with Crippen molar-refractivity contribution in [3.63, 3.8) is 0 Å². The minimum atomic E-state index is -1.31. The zero-order valence-corrected chi connectivity index (χ0v) is 13.4. The summed E-state index contributed by atoms with van der Waals surface area (Å²) in [5, 5.41) is 41.4. The summed E-state index contributed by atoms with van der Waals surface area (Å²) in [5.41, 5.74) is 6.90. The number of carbonyl (C=O) groups is 1. The van der Waals surface area contributed by atoms with Crippen LogP contribution in [0.1, 0.15) is 24.9 Å². The first-order chi connectivity index (χ1) is 11.3. The van der Waals surface area contributed by atoms with Gasteiger partial charge in [0.25, 0.3) is 0 Å². The molecule has 1 amide bonds. The number of nitrogens with two attached hydrogens (primary N) is 1. The van der Waals surface area contributed by atoms with E-state index < -0.39 is 43.1 Å². The van der Waals surface area contributed by atoms with Crippen molar-refractivity contribution in [2.24, 2.45) is 5.73 Å². The van der Waals surface area contributed by atoms with E-state index in [1.165, 1.54) is 19.1 Å². The maximum Gasteiger partial charge on any atom is 0.217 e. The first kappa shape index (κ1) is 18.6. The molecule has 1 heterocycles. The number of rotatable bonds is 5. The molecule has 0 radical (unpaired) electrons. The normalized spacial score (nSPS) is 31.5. The number of hydrogen-bond acceptors (Lipinski definition) is 7. The monoisotopic (exact) mass is 340 g/mol. The molecule has 1 aromatic rings. The Labute approximate surface area is 139 Å². The fourth-order valence-corrected chi connectivity index (χ4v) is 2.92. The summed E-state index contributed by atoms with van der Waals surface area (Å²) < 4.78 is 5.64. The van der Waals surface area contributed by atoms with Gasteiger partial charge in [-0.3, -0.25) is 4.79 Å². The van der Waals surface area contributed by atoms with Gasteiger partial charge in [0.05, 0.1) is 18.8 Å². The van der Waals surface area contributed by atoms with Crippen LogP contribution in [-0.2, 0) is 9.53 Å². The summed E-state index contributed by atoms with van der Waals surface area (Å²) in [4.78, 5) is 11.4. The van der Waals surface area contributed by atoms with Crippen molar-refractivity contribution < 1.29 is 30.0 Å². The van der Waals surface area contributed by atoms with Crippen molar-refractivity contribution in [1.82, 2.24) is 5.32 Å². The highest BCUT2D eigenvalue weighted by molar-refractivity contribution is 5.73. The quantitative estimate of drug-likeness (QED) is 0.393. The third-order valence-electron chi connectivity index (χ3n) is 4.21. The predicted octanol–water partition coefficient (Wildman–Crippen LogP) is -1.23. The second-order valence-electron chi connectivity index (χ2n) is 6.04. The van der Waals surface area contributed by atoms with E-state index >= 15 is 0 Å². The summed E-state index contributed by atoms with van der Waals surface area (Å²) in [6.07, 6.45) is -3.99. The van der Waals surface area contributed by atoms with Crippen molar-refractivity contribution in [1.29, 1.82) is 0 Å². The van der Waals surface area contributed by atoms with Gasteiger partial charge >= 0.3 is 0 Å². The molecule has 1 unspecified atom stereocenters. The van der Waals surface area contributed by atoms with Gasteiger partial charge in [-0.1, -0.05) is 12.1 Å². The van der Waals surface area contributed by atoms with Gasteiger partial charge in [-0.25, -0.2) is 0 Å². The zero-order valence-electron chi connectivity index (χ0n) is 13.4. The van der Waals surface area contributed by atoms with Crippen LogP contribution in [0.4, 0.5) is 0 Å². The van der Waals surface area contributed by atoms with Crippen LogP contribution in [0, 0.1) is 0 Å². The highest BCUT2D eigenvalue weighted by Crippen LogP contribution is 2.28. The maximum absolute atomic E-state index is 11.4. The Morgan fingerprint density at radius 2 is 1.88 bits per heavy atom. The molecule has 24 heavy (non-hydrogen) atoms. The van der Waals surface area contributed by atoms with E-state index in [2.05, 4.69) is 5.32 Å². The smallest absolute Gasteiger partial charge is 0.217 e. The third-order valence-corrected chi connectivity index (χ3v) is 4.21. The molecular formula is C16H24N2O6. The predicted molar refractivity (Wildman–Crippen MR) is 85.0 cm³/mol. The van der Waals surface area contributed by atoms with Gasteiger partial charge in [-0.2, -0.15) is 0 Å². The molecule has 1 fully saturated rings. The number of carbonyl (C=O) groups excluding carboxylic acids is 1. The molecule has 1 saturated heterocycles. The van der Waals surface area contributed by atoms with Crippen molar-refractivity contribution in [3.8, 4) is 5.75 Å². The van der Waals surface area contributed by atoms with Gasteiger partial charge in [0, 0.05) is 13.0 Å². The van der Waals surface area contributed by atoms with Gasteiger partial charge in [0.15, 0.2) is 0 Å². The molecule has 0 saturated carbocycles. The van der Waals surface area contributed by atoms with Crippen molar-refractivity contribution >= 4 is 5.91 Å². The summed E-state index contributed by atoms with van der Waals surface area (Å²) >= 11 is 0. The van der Waals surface area contributed by atoms with Crippen LogP contribution >= 0.6 is 0 Å². The van der Waals surface area contributed by atoms with E-state index in [-0.39, 0.29) is 18.1 Å². The molecule has 0 aliphatic carbocycles. The second kappa shape index (κ2) is 7.91. The molecule has 0 bridgehead atoms. The zero-order chi connectivity index (χ0) is 17.9. The summed E-state index contributed by atoms with van der Waals surface area (Å²) in [7, 11) is 0. The van der Waals surface area contributed by atoms with E-state index in [9.17, 15) is 25.2 Å². The number of aliphatic hydroxyl groups is 3. The Balaban J connectivity index is 2.16. The number of ether oxygens (including phenoxy) is 1. The van der Waals surface area contributed by atoms with E-state index in [4.69, 9.17) is 10.5 Å². The number of aliphatic hydroxyl groups excluding tert-OH is 3. The molecule has 6 atom stereocenters. The van der Waals surface area contributed by atoms with Crippen molar-refractivity contribution in [2.45, 2.75) is 49.8 Å². The number of phenols is 1. The van der Waals surface area contributed by atoms with Crippen LogP contribution in [-0.4, -0.2) is 63.4 Å². The van der Waals surface area contributed by atoms with Crippen molar-refractivity contribution in [2.75, 3.05) is 6.61 Å². The summed E-state index contributed by atoms with van der Waals surface area (Å²) in [6.45, 7) is 0.837. The molecule has 1 aliphatic heterocycles. The number of nitrogens with one attached hydrogen (secondary N) is 1. The maximum atomic E-state index is 11.4. The van der Waals surface area contributed by atoms with Gasteiger partial charge < -0.3 is 36.2 Å². The van der Waals surface area contributed by atoms with Gasteiger partial charge in [-0.05, 0) is 24.1 Å². The first-order valence-electron chi connectivity index (χ1n) is 7.77. The molecule has 0 spiro atoms. The van der Waals surface area contributed by atoms with Gasteiger partial charge in [0.2, 0.25) is 5.91 Å². The Kier molecular flexibility index (Phi) is 6.14. The summed E-state index contributed by atoms with van der Waals surface area (Å²) in [6, 6.07) is 5.04. The van der Waals surface area contributed by atoms with Crippen molar-refractivity contribution in [3.05, 3.63) is 29.8 Å². The minimum absolute atomic E-state index is 0.120. The van der Waals surface area contributed by atoms with Gasteiger partial charge in [0.1, 0.15) is 24.1 Å². The third kappa shape index (κ3) is 4.22. The van der Waals surface area contributed by atoms with Crippen LogP contribution < -0.4 is 11.1 Å². The second-order valence-corrected chi connectivity index (χ2v) is 6.04. The highest BCUT2D eigenvalue weighted by atomic mass is 16.5. The highest BCUT2D eigenvalue weighted by Gasteiger charge is 2.44. The Morgan fingerprint density at radius 1 is 1.25 bits per heavy atom. The Morgan fingerprint density at radius 3 is 2.42 bits per heavy atom. The van der Waals surface area contributed by atoms with Gasteiger partial charge in [-0.15, -0.1) is 0 Å². The van der Waals surface area contributed by atoms with E-state index in [0.717, 1.165) is 5.56 Å². The lowest BCUT2D eigenvalue weighted by Gasteiger charge is -2.43. The molecule has 8 heteroatoms. The van der Waals surface area contributed by atoms with E-state index in [1.54, 1.807) is 12.1 Å². The number of amides is 1. The molecular weight excluding hydrogens is 316 g/mol. The average molecular weight is 340 g/mol. The van der Waals surface area contributed by atoms with Crippen LogP contribution in [0.5, 0.6) is 5.75 Å². The van der Waals surface area contributed by atoms with Crippen LogP contribution in [0.3, 0.4) is 0 Å². The summed E-state index contributed by atoms with van der Waals surface area (Å²) in [5.74, 6) is -0.254. The molecule has 1 aromatic carbocycles. The number of phenolic OH excluding ortho intramolecular Hbond substituents is 1. The SMILES string of the molecule is CC(=O)N[C@@H]1[C@@H](O)[C@H](O)[C@@H](CO)O[C@H]1CC(N)c1ccc(O)cc1. The lowest BCUT2D eigenvalue weighted by Crippen LogP contribution is -2.64. The lowest BCUT2D eigenvalue weighted by molar-refractivity contribution is -0.197. The molecule has 8 nitrogen and oxygen atoms in total.